The first kappa shape index (κ1) is 15.0. The maximum atomic E-state index is 5.48. The second-order valence-electron chi connectivity index (χ2n) is 4.51. The molecule has 1 unspecified atom stereocenters. The molecule has 0 spiro atoms. The van der Waals surface area contributed by atoms with Gasteiger partial charge < -0.3 is 13.9 Å². The van der Waals surface area contributed by atoms with Gasteiger partial charge in [-0.05, 0) is 30.2 Å². The van der Waals surface area contributed by atoms with Gasteiger partial charge in [-0.25, -0.2) is 0 Å². The van der Waals surface area contributed by atoms with E-state index < -0.39 is 0 Å². The van der Waals surface area contributed by atoms with Crippen LogP contribution in [0.25, 0.3) is 0 Å². The first-order chi connectivity index (χ1) is 9.69. The van der Waals surface area contributed by atoms with Crippen molar-refractivity contribution in [2.24, 2.45) is 0 Å². The Morgan fingerprint density at radius 3 is 2.55 bits per heavy atom. The van der Waals surface area contributed by atoms with Gasteiger partial charge >= 0.3 is 0 Å². The average Bonchev–Trinajstić information content (AvgIpc) is 2.95. The van der Waals surface area contributed by atoms with Crippen molar-refractivity contribution in [3.8, 4) is 11.5 Å². The van der Waals surface area contributed by atoms with E-state index >= 15 is 0 Å². The lowest BCUT2D eigenvalue weighted by molar-refractivity contribution is 0.354. The number of benzene rings is 1. The number of alkyl halides is 1. The number of furan rings is 1. The summed E-state index contributed by atoms with van der Waals surface area (Å²) >= 11 is 3.74. The van der Waals surface area contributed by atoms with Gasteiger partial charge in [-0.15, -0.1) is 0 Å². The Labute approximate surface area is 128 Å². The van der Waals surface area contributed by atoms with Crippen LogP contribution < -0.4 is 9.47 Å². The predicted octanol–water partition coefficient (Wildman–Crippen LogP) is 4.54. The van der Waals surface area contributed by atoms with Crippen LogP contribution >= 0.6 is 15.9 Å². The molecule has 0 aliphatic rings. The molecular weight excluding hydrogens is 320 g/mol. The SMILES string of the molecule is CCc1occc1C(Br)Cc1ccc(OC)c(OC)c1. The molecule has 2 aromatic rings. The molecule has 1 atom stereocenters. The molecule has 108 valence electrons. The lowest BCUT2D eigenvalue weighted by Crippen LogP contribution is -1.98. The van der Waals surface area contributed by atoms with Crippen LogP contribution in [-0.2, 0) is 12.8 Å². The molecule has 4 heteroatoms. The number of ether oxygens (including phenoxy) is 2. The summed E-state index contributed by atoms with van der Waals surface area (Å²) in [7, 11) is 3.29. The van der Waals surface area contributed by atoms with Crippen LogP contribution in [0.5, 0.6) is 11.5 Å². The van der Waals surface area contributed by atoms with Crippen molar-refractivity contribution in [3.05, 3.63) is 47.4 Å². The summed E-state index contributed by atoms with van der Waals surface area (Å²) in [5.41, 5.74) is 2.40. The Kier molecular flexibility index (Phi) is 5.12. The van der Waals surface area contributed by atoms with Gasteiger partial charge in [0.05, 0.1) is 20.5 Å². The number of hydrogen-bond donors (Lipinski definition) is 0. The maximum Gasteiger partial charge on any atom is 0.160 e. The second-order valence-corrected chi connectivity index (χ2v) is 5.62. The van der Waals surface area contributed by atoms with Crippen LogP contribution in [0.1, 0.15) is 28.6 Å². The van der Waals surface area contributed by atoms with E-state index in [2.05, 4.69) is 28.9 Å². The second kappa shape index (κ2) is 6.84. The molecule has 0 bridgehead atoms. The summed E-state index contributed by atoms with van der Waals surface area (Å²) in [6.45, 7) is 2.10. The quantitative estimate of drug-likeness (QED) is 0.724. The fraction of sp³-hybridized carbons (Fsp3) is 0.375. The first-order valence-corrected chi connectivity index (χ1v) is 7.52. The monoisotopic (exact) mass is 338 g/mol. The van der Waals surface area contributed by atoms with Crippen LogP contribution in [0.15, 0.2) is 34.9 Å². The standard InChI is InChI=1S/C16H19BrO3/c1-4-14-12(7-8-20-14)13(17)9-11-5-6-15(18-2)16(10-11)19-3/h5-8,10,13H,4,9H2,1-3H3. The van der Waals surface area contributed by atoms with Crippen molar-refractivity contribution in [1.29, 1.82) is 0 Å². The number of hydrogen-bond acceptors (Lipinski definition) is 3. The smallest absolute Gasteiger partial charge is 0.160 e. The lowest BCUT2D eigenvalue weighted by Gasteiger charge is -2.12. The van der Waals surface area contributed by atoms with Crippen LogP contribution in [-0.4, -0.2) is 14.2 Å². The summed E-state index contributed by atoms with van der Waals surface area (Å²) in [6, 6.07) is 8.03. The molecule has 0 amide bonds. The minimum Gasteiger partial charge on any atom is -0.493 e. The van der Waals surface area contributed by atoms with E-state index in [1.807, 2.05) is 18.2 Å². The van der Waals surface area contributed by atoms with Gasteiger partial charge in [-0.2, -0.15) is 0 Å². The lowest BCUT2D eigenvalue weighted by atomic mass is 10.0. The molecule has 0 aliphatic carbocycles. The molecule has 1 aromatic heterocycles. The number of halogens is 1. The highest BCUT2D eigenvalue weighted by molar-refractivity contribution is 9.09. The van der Waals surface area contributed by atoms with E-state index in [-0.39, 0.29) is 4.83 Å². The van der Waals surface area contributed by atoms with Crippen molar-refractivity contribution in [2.45, 2.75) is 24.6 Å². The van der Waals surface area contributed by atoms with E-state index in [1.165, 1.54) is 11.1 Å². The molecule has 0 saturated heterocycles. The molecule has 0 saturated carbocycles. The molecule has 20 heavy (non-hydrogen) atoms. The molecule has 3 nitrogen and oxygen atoms in total. The third kappa shape index (κ3) is 3.18. The summed E-state index contributed by atoms with van der Waals surface area (Å²) in [4.78, 5) is 0.231. The maximum absolute atomic E-state index is 5.48. The topological polar surface area (TPSA) is 31.6 Å². The number of methoxy groups -OCH3 is 2. The van der Waals surface area contributed by atoms with E-state index in [0.29, 0.717) is 0 Å². The Morgan fingerprint density at radius 2 is 1.90 bits per heavy atom. The van der Waals surface area contributed by atoms with Gasteiger partial charge in [0.1, 0.15) is 5.76 Å². The Hall–Kier alpha value is -1.42. The largest absolute Gasteiger partial charge is 0.493 e. The van der Waals surface area contributed by atoms with Gasteiger partial charge in [0.15, 0.2) is 11.5 Å². The first-order valence-electron chi connectivity index (χ1n) is 6.60. The van der Waals surface area contributed by atoms with Gasteiger partial charge in [0, 0.05) is 16.8 Å². The van der Waals surface area contributed by atoms with Crippen molar-refractivity contribution in [2.75, 3.05) is 14.2 Å². The molecule has 0 fully saturated rings. The van der Waals surface area contributed by atoms with Gasteiger partial charge in [0.25, 0.3) is 0 Å². The fourth-order valence-corrected chi connectivity index (χ4v) is 3.02. The minimum absolute atomic E-state index is 0.231. The normalized spacial score (nSPS) is 12.2. The van der Waals surface area contributed by atoms with Crippen LogP contribution in [0.3, 0.4) is 0 Å². The molecule has 2 rings (SSSR count). The third-order valence-electron chi connectivity index (χ3n) is 3.30. The Balaban J connectivity index is 2.17. The third-order valence-corrected chi connectivity index (χ3v) is 4.12. The van der Waals surface area contributed by atoms with Crippen LogP contribution in [0.2, 0.25) is 0 Å². The van der Waals surface area contributed by atoms with Gasteiger partial charge in [-0.1, -0.05) is 28.9 Å². The molecule has 0 aliphatic heterocycles. The summed E-state index contributed by atoms with van der Waals surface area (Å²) < 4.78 is 16.1. The van der Waals surface area contributed by atoms with Crippen molar-refractivity contribution < 1.29 is 13.9 Å². The van der Waals surface area contributed by atoms with E-state index in [9.17, 15) is 0 Å². The number of rotatable bonds is 6. The Morgan fingerprint density at radius 1 is 1.15 bits per heavy atom. The summed E-state index contributed by atoms with van der Waals surface area (Å²) in [6.07, 6.45) is 3.51. The highest BCUT2D eigenvalue weighted by Crippen LogP contribution is 2.34. The summed E-state index contributed by atoms with van der Waals surface area (Å²) in [5, 5.41) is 0. The fourth-order valence-electron chi connectivity index (χ4n) is 2.24. The van der Waals surface area contributed by atoms with Crippen molar-refractivity contribution in [3.63, 3.8) is 0 Å². The van der Waals surface area contributed by atoms with Crippen molar-refractivity contribution >= 4 is 15.9 Å². The summed E-state index contributed by atoms with van der Waals surface area (Å²) in [5.74, 6) is 2.54. The van der Waals surface area contributed by atoms with E-state index in [0.717, 1.165) is 30.1 Å². The number of aryl methyl sites for hydroxylation is 1. The van der Waals surface area contributed by atoms with Gasteiger partial charge in [-0.3, -0.25) is 0 Å². The average molecular weight is 339 g/mol. The van der Waals surface area contributed by atoms with Crippen LogP contribution in [0.4, 0.5) is 0 Å². The molecule has 1 heterocycles. The zero-order valence-corrected chi connectivity index (χ0v) is 13.6. The molecule has 0 N–H and O–H groups in total. The molecule has 1 aromatic carbocycles. The Bertz CT molecular complexity index is 563. The van der Waals surface area contributed by atoms with E-state index in [1.54, 1.807) is 20.5 Å². The zero-order chi connectivity index (χ0) is 14.5. The van der Waals surface area contributed by atoms with Crippen molar-refractivity contribution in [1.82, 2.24) is 0 Å². The molecule has 0 radical (unpaired) electrons. The van der Waals surface area contributed by atoms with Gasteiger partial charge in [0.2, 0.25) is 0 Å². The highest BCUT2D eigenvalue weighted by atomic mass is 79.9. The van der Waals surface area contributed by atoms with E-state index in [4.69, 9.17) is 13.9 Å². The highest BCUT2D eigenvalue weighted by Gasteiger charge is 2.15. The minimum atomic E-state index is 0.231. The van der Waals surface area contributed by atoms with Crippen LogP contribution in [0, 0.1) is 0 Å². The predicted molar refractivity (Wildman–Crippen MR) is 83.0 cm³/mol. The zero-order valence-electron chi connectivity index (χ0n) is 12.0. The molecular formula is C16H19BrO3.